The van der Waals surface area contributed by atoms with Crippen molar-refractivity contribution in [2.75, 3.05) is 14.2 Å². The minimum absolute atomic E-state index is 0.0210. The molecule has 0 unspecified atom stereocenters. The van der Waals surface area contributed by atoms with Gasteiger partial charge in [-0.25, -0.2) is 5.43 Å². The van der Waals surface area contributed by atoms with Gasteiger partial charge in [0.2, 0.25) is 0 Å². The van der Waals surface area contributed by atoms with Crippen molar-refractivity contribution in [1.82, 2.24) is 5.43 Å². The first-order chi connectivity index (χ1) is 15.7. The number of carbonyl (C=O) groups excluding carboxylic acids is 1. The molecule has 0 saturated carbocycles. The number of nitrogens with one attached hydrogen (secondary N) is 1. The Labute approximate surface area is 196 Å². The molecule has 0 aromatic heterocycles. The largest absolute Gasteiger partial charge is 0.493 e. The molecule has 0 radical (unpaired) electrons. The van der Waals surface area contributed by atoms with Crippen molar-refractivity contribution in [3.63, 3.8) is 0 Å². The smallest absolute Gasteiger partial charge is 0.339 e. The highest BCUT2D eigenvalue weighted by Crippen LogP contribution is 2.29. The number of rotatable bonds is 8. The second kappa shape index (κ2) is 10.4. The summed E-state index contributed by atoms with van der Waals surface area (Å²) in [5.41, 5.74) is 4.17. The van der Waals surface area contributed by atoms with E-state index < -0.39 is 16.0 Å². The maximum absolute atomic E-state index is 12.4. The summed E-state index contributed by atoms with van der Waals surface area (Å²) in [5, 5.41) is 3.97. The number of aryl methyl sites for hydroxylation is 1. The van der Waals surface area contributed by atoms with E-state index in [2.05, 4.69) is 10.5 Å². The molecule has 10 heteroatoms. The van der Waals surface area contributed by atoms with Gasteiger partial charge in [-0.05, 0) is 61.0 Å². The van der Waals surface area contributed by atoms with Gasteiger partial charge in [-0.1, -0.05) is 29.3 Å². The summed E-state index contributed by atoms with van der Waals surface area (Å²) in [7, 11) is -1.06. The zero-order chi connectivity index (χ0) is 24.0. The van der Waals surface area contributed by atoms with Gasteiger partial charge < -0.3 is 13.7 Å². The molecule has 0 aliphatic rings. The normalized spacial score (nSPS) is 11.3. The van der Waals surface area contributed by atoms with Crippen LogP contribution in [0.3, 0.4) is 0 Å². The molecule has 0 aliphatic carbocycles. The number of halogens is 1. The van der Waals surface area contributed by atoms with Crippen LogP contribution < -0.4 is 19.1 Å². The Morgan fingerprint density at radius 3 is 2.24 bits per heavy atom. The molecule has 0 spiro atoms. The molecule has 0 saturated heterocycles. The lowest BCUT2D eigenvalue weighted by molar-refractivity contribution is 0.0954. The molecule has 1 N–H and O–H groups in total. The number of hydrogen-bond donors (Lipinski definition) is 1. The Bertz CT molecular complexity index is 1290. The monoisotopic (exact) mass is 488 g/mol. The Kier molecular flexibility index (Phi) is 7.57. The summed E-state index contributed by atoms with van der Waals surface area (Å²) in [6.07, 6.45) is 1.36. The van der Waals surface area contributed by atoms with Gasteiger partial charge in [0.05, 0.1) is 25.5 Å². The minimum atomic E-state index is -4.03. The number of nitrogens with zero attached hydrogens (tertiary/aromatic N) is 1. The molecule has 33 heavy (non-hydrogen) atoms. The summed E-state index contributed by atoms with van der Waals surface area (Å²) in [6, 6.07) is 15.4. The van der Waals surface area contributed by atoms with E-state index in [9.17, 15) is 13.2 Å². The SMILES string of the molecule is COc1ccc(C(=O)N/N=C/c2ccc(OS(=O)(=O)c3ccc(C)cc3)c(Cl)c2)cc1OC. The average molecular weight is 489 g/mol. The fourth-order valence-corrected chi connectivity index (χ4v) is 3.96. The standard InChI is InChI=1S/C23H21ClN2O6S/c1-15-4-8-18(9-5-15)33(28,29)32-20-10-6-16(12-19(20)24)14-25-26-23(27)17-7-11-21(30-2)22(13-17)31-3/h4-14H,1-3H3,(H,26,27)/b25-14+. The van der Waals surface area contributed by atoms with Gasteiger partial charge in [0.15, 0.2) is 17.2 Å². The van der Waals surface area contributed by atoms with Gasteiger partial charge in [0.1, 0.15) is 4.90 Å². The third-order valence-corrected chi connectivity index (χ3v) is 6.03. The molecular formula is C23H21ClN2O6S. The van der Waals surface area contributed by atoms with Crippen LogP contribution in [-0.4, -0.2) is 34.8 Å². The van der Waals surface area contributed by atoms with Gasteiger partial charge in [-0.3, -0.25) is 4.79 Å². The second-order valence-electron chi connectivity index (χ2n) is 6.81. The molecule has 172 valence electrons. The van der Waals surface area contributed by atoms with E-state index in [0.29, 0.717) is 22.6 Å². The Hall–Kier alpha value is -3.56. The van der Waals surface area contributed by atoms with E-state index >= 15 is 0 Å². The van der Waals surface area contributed by atoms with E-state index in [1.807, 2.05) is 6.92 Å². The van der Waals surface area contributed by atoms with Crippen LogP contribution in [0.2, 0.25) is 5.02 Å². The maximum atomic E-state index is 12.4. The molecule has 0 atom stereocenters. The maximum Gasteiger partial charge on any atom is 0.339 e. The van der Waals surface area contributed by atoms with E-state index in [-0.39, 0.29) is 15.7 Å². The number of methoxy groups -OCH3 is 2. The van der Waals surface area contributed by atoms with E-state index in [1.54, 1.807) is 30.3 Å². The van der Waals surface area contributed by atoms with Crippen LogP contribution in [-0.2, 0) is 10.1 Å². The van der Waals surface area contributed by atoms with Crippen molar-refractivity contribution in [1.29, 1.82) is 0 Å². The molecule has 0 heterocycles. The van der Waals surface area contributed by atoms with Crippen LogP contribution >= 0.6 is 11.6 Å². The first kappa shape index (κ1) is 24.1. The fourth-order valence-electron chi connectivity index (χ4n) is 2.74. The Morgan fingerprint density at radius 2 is 1.61 bits per heavy atom. The summed E-state index contributed by atoms with van der Waals surface area (Å²) in [5.74, 6) is 0.433. The van der Waals surface area contributed by atoms with Crippen molar-refractivity contribution in [2.24, 2.45) is 5.10 Å². The average Bonchev–Trinajstić information content (AvgIpc) is 2.80. The van der Waals surface area contributed by atoms with Crippen LogP contribution in [0.4, 0.5) is 0 Å². The van der Waals surface area contributed by atoms with E-state index in [4.69, 9.17) is 25.3 Å². The van der Waals surface area contributed by atoms with Crippen molar-refractivity contribution in [2.45, 2.75) is 11.8 Å². The van der Waals surface area contributed by atoms with Gasteiger partial charge in [-0.2, -0.15) is 13.5 Å². The zero-order valence-electron chi connectivity index (χ0n) is 18.0. The third-order valence-electron chi connectivity index (χ3n) is 4.49. The molecule has 3 aromatic carbocycles. The van der Waals surface area contributed by atoms with Crippen LogP contribution in [0.15, 0.2) is 70.7 Å². The molecule has 0 bridgehead atoms. The van der Waals surface area contributed by atoms with Crippen LogP contribution in [0.25, 0.3) is 0 Å². The van der Waals surface area contributed by atoms with Crippen LogP contribution in [0, 0.1) is 6.92 Å². The number of carbonyl (C=O) groups is 1. The number of hydrazone groups is 1. The molecule has 3 aromatic rings. The number of ether oxygens (including phenoxy) is 2. The first-order valence-electron chi connectivity index (χ1n) is 9.59. The highest BCUT2D eigenvalue weighted by Gasteiger charge is 2.18. The zero-order valence-corrected chi connectivity index (χ0v) is 19.6. The third kappa shape index (κ3) is 6.03. The van der Waals surface area contributed by atoms with E-state index in [0.717, 1.165) is 5.56 Å². The lowest BCUT2D eigenvalue weighted by Gasteiger charge is -2.09. The van der Waals surface area contributed by atoms with Crippen LogP contribution in [0.5, 0.6) is 17.2 Å². The molecule has 0 fully saturated rings. The summed E-state index contributed by atoms with van der Waals surface area (Å²) >= 11 is 6.18. The highest BCUT2D eigenvalue weighted by molar-refractivity contribution is 7.87. The molecule has 3 rings (SSSR count). The molecule has 8 nitrogen and oxygen atoms in total. The van der Waals surface area contributed by atoms with E-state index in [1.165, 1.54) is 50.8 Å². The summed E-state index contributed by atoms with van der Waals surface area (Å²) in [4.78, 5) is 12.3. The highest BCUT2D eigenvalue weighted by atomic mass is 35.5. The number of benzene rings is 3. The topological polar surface area (TPSA) is 103 Å². The Morgan fingerprint density at radius 1 is 0.939 bits per heavy atom. The first-order valence-corrected chi connectivity index (χ1v) is 11.4. The van der Waals surface area contributed by atoms with Gasteiger partial charge in [-0.15, -0.1) is 0 Å². The molecule has 0 aliphatic heterocycles. The molecule has 1 amide bonds. The van der Waals surface area contributed by atoms with Gasteiger partial charge in [0.25, 0.3) is 5.91 Å². The van der Waals surface area contributed by atoms with Crippen molar-refractivity contribution in [3.8, 4) is 17.2 Å². The van der Waals surface area contributed by atoms with Crippen molar-refractivity contribution >= 4 is 33.8 Å². The quantitative estimate of drug-likeness (QED) is 0.289. The van der Waals surface area contributed by atoms with Crippen molar-refractivity contribution in [3.05, 3.63) is 82.4 Å². The lowest BCUT2D eigenvalue weighted by Crippen LogP contribution is -2.17. The molecular weight excluding hydrogens is 468 g/mol. The Balaban J connectivity index is 1.67. The predicted molar refractivity (Wildman–Crippen MR) is 125 cm³/mol. The summed E-state index contributed by atoms with van der Waals surface area (Å²) in [6.45, 7) is 1.85. The van der Waals surface area contributed by atoms with Crippen molar-refractivity contribution < 1.29 is 26.9 Å². The van der Waals surface area contributed by atoms with Crippen LogP contribution in [0.1, 0.15) is 21.5 Å². The summed E-state index contributed by atoms with van der Waals surface area (Å²) < 4.78 is 40.4. The number of amides is 1. The lowest BCUT2D eigenvalue weighted by atomic mass is 10.2. The predicted octanol–water partition coefficient (Wildman–Crippen LogP) is 4.20. The number of hydrogen-bond acceptors (Lipinski definition) is 7. The van der Waals surface area contributed by atoms with Gasteiger partial charge >= 0.3 is 10.1 Å². The fraction of sp³-hybridized carbons (Fsp3) is 0.130. The second-order valence-corrected chi connectivity index (χ2v) is 8.76. The van der Waals surface area contributed by atoms with Gasteiger partial charge in [0, 0.05) is 5.56 Å². The minimum Gasteiger partial charge on any atom is -0.493 e.